The Balaban J connectivity index is 1.10. The molecule has 4 heterocycles. The molecule has 57 heavy (non-hydrogen) atoms. The zero-order chi connectivity index (χ0) is 37.5. The summed E-state index contributed by atoms with van der Waals surface area (Å²) in [5, 5.41) is 6.66. The molecular formula is C51H31N5O. The van der Waals surface area contributed by atoms with Crippen molar-refractivity contribution in [3.8, 4) is 45.5 Å². The third-order valence-electron chi connectivity index (χ3n) is 11.2. The maximum Gasteiger partial charge on any atom is 0.238 e. The van der Waals surface area contributed by atoms with Crippen molar-refractivity contribution in [1.29, 1.82) is 0 Å². The second-order valence-corrected chi connectivity index (χ2v) is 14.4. The van der Waals surface area contributed by atoms with Crippen LogP contribution in [0.15, 0.2) is 192 Å². The summed E-state index contributed by atoms with van der Waals surface area (Å²) < 4.78 is 11.3. The highest BCUT2D eigenvalue weighted by Crippen LogP contribution is 2.41. The van der Waals surface area contributed by atoms with Crippen molar-refractivity contribution >= 4 is 65.6 Å². The largest absolute Gasteiger partial charge is 0.454 e. The lowest BCUT2D eigenvalue weighted by Gasteiger charge is -2.11. The van der Waals surface area contributed by atoms with E-state index in [0.29, 0.717) is 17.6 Å². The first-order valence-electron chi connectivity index (χ1n) is 19.1. The Morgan fingerprint density at radius 2 is 0.895 bits per heavy atom. The highest BCUT2D eigenvalue weighted by molar-refractivity contribution is 6.21. The van der Waals surface area contributed by atoms with Gasteiger partial charge in [-0.25, -0.2) is 4.98 Å². The fraction of sp³-hybridized carbons (Fsp3) is 0. The van der Waals surface area contributed by atoms with Crippen molar-refractivity contribution in [2.24, 2.45) is 0 Å². The highest BCUT2D eigenvalue weighted by atomic mass is 16.3. The van der Waals surface area contributed by atoms with Crippen molar-refractivity contribution in [3.63, 3.8) is 0 Å². The summed E-state index contributed by atoms with van der Waals surface area (Å²) in [4.78, 5) is 15.7. The number of rotatable bonds is 5. The zero-order valence-corrected chi connectivity index (χ0v) is 30.5. The van der Waals surface area contributed by atoms with Crippen LogP contribution in [0.25, 0.3) is 111 Å². The molecule has 0 bridgehead atoms. The second-order valence-electron chi connectivity index (χ2n) is 14.4. The molecule has 4 aromatic heterocycles. The van der Waals surface area contributed by atoms with Crippen LogP contribution in [0, 0.1) is 0 Å². The summed E-state index contributed by atoms with van der Waals surface area (Å²) in [6.45, 7) is 0. The lowest BCUT2D eigenvalue weighted by atomic mass is 10.0. The minimum atomic E-state index is 0.559. The van der Waals surface area contributed by atoms with Crippen LogP contribution in [0.4, 0.5) is 0 Å². The number of hydrogen-bond donors (Lipinski definition) is 0. The molecule has 0 saturated carbocycles. The van der Waals surface area contributed by atoms with Crippen molar-refractivity contribution in [2.75, 3.05) is 0 Å². The molecule has 0 aliphatic heterocycles. The van der Waals surface area contributed by atoms with Gasteiger partial charge in [-0.3, -0.25) is 4.57 Å². The van der Waals surface area contributed by atoms with E-state index >= 15 is 0 Å². The van der Waals surface area contributed by atoms with E-state index in [2.05, 4.69) is 185 Å². The topological polar surface area (TPSA) is 61.7 Å². The van der Waals surface area contributed by atoms with Gasteiger partial charge in [0.15, 0.2) is 17.2 Å². The van der Waals surface area contributed by atoms with E-state index in [1.54, 1.807) is 0 Å². The Labute approximate surface area is 326 Å². The Hall–Kier alpha value is -7.83. The van der Waals surface area contributed by atoms with Gasteiger partial charge < -0.3 is 8.98 Å². The Morgan fingerprint density at radius 3 is 1.60 bits per heavy atom. The first kappa shape index (κ1) is 31.5. The second kappa shape index (κ2) is 12.3. The lowest BCUT2D eigenvalue weighted by Crippen LogP contribution is -2.06. The fourth-order valence-corrected chi connectivity index (χ4v) is 8.60. The summed E-state index contributed by atoms with van der Waals surface area (Å²) in [5.74, 6) is 1.74. The van der Waals surface area contributed by atoms with Crippen LogP contribution in [0.2, 0.25) is 0 Å². The SMILES string of the molecule is c1ccc(-c2cccc(-c3nc(-c4ccc5oc6c(ccc7c8ccccc8n(-c8ccccc8)c76)c5c4)nc(-n4c5ccccc5c5ccccc54)n3)c2)cc1. The van der Waals surface area contributed by atoms with Gasteiger partial charge in [0.1, 0.15) is 5.58 Å². The van der Waals surface area contributed by atoms with Crippen molar-refractivity contribution in [3.05, 3.63) is 188 Å². The first-order valence-corrected chi connectivity index (χ1v) is 19.1. The molecule has 0 fully saturated rings. The predicted molar refractivity (Wildman–Crippen MR) is 232 cm³/mol. The third-order valence-corrected chi connectivity index (χ3v) is 11.2. The van der Waals surface area contributed by atoms with Crippen LogP contribution in [0.5, 0.6) is 0 Å². The van der Waals surface area contributed by atoms with Gasteiger partial charge >= 0.3 is 0 Å². The molecule has 6 heteroatoms. The van der Waals surface area contributed by atoms with Crippen LogP contribution < -0.4 is 0 Å². The molecule has 8 aromatic carbocycles. The molecule has 0 N–H and O–H groups in total. The zero-order valence-electron chi connectivity index (χ0n) is 30.5. The molecule has 0 atom stereocenters. The Kier molecular flexibility index (Phi) is 6.83. The molecule has 0 unspecified atom stereocenters. The van der Waals surface area contributed by atoms with Gasteiger partial charge in [0.2, 0.25) is 5.95 Å². The van der Waals surface area contributed by atoms with Gasteiger partial charge in [0.05, 0.1) is 22.1 Å². The summed E-state index contributed by atoms with van der Waals surface area (Å²) in [6.07, 6.45) is 0. The number of nitrogens with zero attached hydrogens (tertiary/aromatic N) is 5. The molecule has 12 rings (SSSR count). The molecule has 6 nitrogen and oxygen atoms in total. The molecule has 0 aliphatic rings. The summed E-state index contributed by atoms with van der Waals surface area (Å²) in [5.41, 5.74) is 11.0. The number of fused-ring (bicyclic) bond motifs is 10. The van der Waals surface area contributed by atoms with Gasteiger partial charge in [-0.15, -0.1) is 0 Å². The predicted octanol–water partition coefficient (Wildman–Crippen LogP) is 13.0. The van der Waals surface area contributed by atoms with Crippen molar-refractivity contribution < 1.29 is 4.42 Å². The van der Waals surface area contributed by atoms with E-state index in [1.165, 1.54) is 5.39 Å². The van der Waals surface area contributed by atoms with E-state index in [9.17, 15) is 0 Å². The van der Waals surface area contributed by atoms with E-state index in [1.807, 2.05) is 12.1 Å². The highest BCUT2D eigenvalue weighted by Gasteiger charge is 2.21. The maximum absolute atomic E-state index is 6.80. The van der Waals surface area contributed by atoms with Crippen LogP contribution in [0.1, 0.15) is 0 Å². The summed E-state index contributed by atoms with van der Waals surface area (Å²) >= 11 is 0. The number of para-hydroxylation sites is 4. The monoisotopic (exact) mass is 729 g/mol. The molecule has 12 aromatic rings. The minimum absolute atomic E-state index is 0.559. The first-order chi connectivity index (χ1) is 28.3. The summed E-state index contributed by atoms with van der Waals surface area (Å²) in [7, 11) is 0. The number of hydrogen-bond acceptors (Lipinski definition) is 4. The molecule has 0 amide bonds. The van der Waals surface area contributed by atoms with Crippen molar-refractivity contribution in [2.45, 2.75) is 0 Å². The summed E-state index contributed by atoms with van der Waals surface area (Å²) in [6, 6.07) is 65.5. The number of furan rings is 1. The van der Waals surface area contributed by atoms with E-state index in [0.717, 1.165) is 88.1 Å². The smallest absolute Gasteiger partial charge is 0.238 e. The van der Waals surface area contributed by atoms with Crippen LogP contribution in [-0.4, -0.2) is 24.1 Å². The molecular weight excluding hydrogens is 699 g/mol. The van der Waals surface area contributed by atoms with E-state index < -0.39 is 0 Å². The van der Waals surface area contributed by atoms with Gasteiger partial charge in [0.25, 0.3) is 0 Å². The van der Waals surface area contributed by atoms with Crippen LogP contribution >= 0.6 is 0 Å². The van der Waals surface area contributed by atoms with Gasteiger partial charge in [-0.05, 0) is 71.8 Å². The molecule has 266 valence electrons. The lowest BCUT2D eigenvalue weighted by molar-refractivity contribution is 0.671. The number of aromatic nitrogens is 5. The molecule has 0 radical (unpaired) electrons. The minimum Gasteiger partial charge on any atom is -0.454 e. The average molecular weight is 730 g/mol. The van der Waals surface area contributed by atoms with E-state index in [4.69, 9.17) is 19.4 Å². The molecule has 0 aliphatic carbocycles. The van der Waals surface area contributed by atoms with Gasteiger partial charge in [-0.2, -0.15) is 9.97 Å². The standard InChI is InChI=1S/C51H31N5O/c1-3-14-32(15-4-1)33-16-13-17-34(30-33)49-52-50(54-51(53-49)56-44-24-11-7-20-37(44)38-21-8-12-25-45(38)56)35-26-29-46-42(31-35)41-28-27-40-39-22-9-10-23-43(39)55(47(40)48(41)57-46)36-18-5-2-6-19-36/h1-31H. The Bertz CT molecular complexity index is 3470. The maximum atomic E-state index is 6.80. The average Bonchev–Trinajstić information content (AvgIpc) is 3.94. The van der Waals surface area contributed by atoms with Crippen molar-refractivity contribution in [1.82, 2.24) is 24.1 Å². The van der Waals surface area contributed by atoms with Crippen LogP contribution in [0.3, 0.4) is 0 Å². The third kappa shape index (κ3) is 4.87. The Morgan fingerprint density at radius 1 is 0.351 bits per heavy atom. The van der Waals surface area contributed by atoms with E-state index in [-0.39, 0.29) is 0 Å². The van der Waals surface area contributed by atoms with Crippen LogP contribution in [-0.2, 0) is 0 Å². The van der Waals surface area contributed by atoms with Gasteiger partial charge in [0, 0.05) is 49.1 Å². The number of benzene rings is 8. The fourth-order valence-electron chi connectivity index (χ4n) is 8.60. The normalized spacial score (nSPS) is 11.9. The quantitative estimate of drug-likeness (QED) is 0.177. The van der Waals surface area contributed by atoms with Gasteiger partial charge in [-0.1, -0.05) is 127 Å². The molecule has 0 spiro atoms. The molecule has 0 saturated heterocycles.